The molecule has 0 radical (unpaired) electrons. The zero-order chi connectivity index (χ0) is 16.3. The summed E-state index contributed by atoms with van der Waals surface area (Å²) in [6.07, 6.45) is 0. The third kappa shape index (κ3) is 3.72. The van der Waals surface area contributed by atoms with Gasteiger partial charge in [-0.15, -0.1) is 0 Å². The molecule has 2 rings (SSSR count). The first-order valence-electron chi connectivity index (χ1n) is 6.30. The van der Waals surface area contributed by atoms with Crippen LogP contribution in [0, 0.1) is 11.3 Å². The van der Waals surface area contributed by atoms with Gasteiger partial charge in [0, 0.05) is 20.6 Å². The van der Waals surface area contributed by atoms with Crippen LogP contribution in [0.1, 0.15) is 22.8 Å². The molecule has 0 aromatic heterocycles. The van der Waals surface area contributed by atoms with Crippen LogP contribution >= 0.6 is 34.8 Å². The number of rotatable bonds is 3. The third-order valence-electron chi connectivity index (χ3n) is 3.13. The van der Waals surface area contributed by atoms with Gasteiger partial charge in [0.05, 0.1) is 6.07 Å². The van der Waals surface area contributed by atoms with Crippen molar-refractivity contribution in [2.75, 3.05) is 0 Å². The quantitative estimate of drug-likeness (QED) is 0.860. The number of hydrogen-bond donors (Lipinski definition) is 1. The number of hydrogen-bond acceptors (Lipinski definition) is 2. The van der Waals surface area contributed by atoms with Crippen molar-refractivity contribution in [3.63, 3.8) is 0 Å². The van der Waals surface area contributed by atoms with E-state index < -0.39 is 11.4 Å². The van der Waals surface area contributed by atoms with Gasteiger partial charge < -0.3 is 5.32 Å². The van der Waals surface area contributed by atoms with Gasteiger partial charge in [-0.05, 0) is 42.8 Å². The van der Waals surface area contributed by atoms with E-state index in [1.807, 2.05) is 0 Å². The molecule has 1 atom stereocenters. The average Bonchev–Trinajstić information content (AvgIpc) is 2.46. The van der Waals surface area contributed by atoms with Crippen LogP contribution in [0.2, 0.25) is 15.1 Å². The molecular weight excluding hydrogens is 343 g/mol. The molecule has 2 aromatic rings. The normalized spacial score (nSPS) is 13.0. The average molecular weight is 354 g/mol. The predicted octanol–water partition coefficient (Wildman–Crippen LogP) is 4.82. The molecule has 0 saturated heterocycles. The van der Waals surface area contributed by atoms with Crippen molar-refractivity contribution in [3.8, 4) is 6.07 Å². The van der Waals surface area contributed by atoms with Gasteiger partial charge >= 0.3 is 0 Å². The summed E-state index contributed by atoms with van der Waals surface area (Å²) in [4.78, 5) is 12.4. The summed E-state index contributed by atoms with van der Waals surface area (Å²) in [5, 5.41) is 13.4. The lowest BCUT2D eigenvalue weighted by atomic mass is 9.93. The molecule has 22 heavy (non-hydrogen) atoms. The van der Waals surface area contributed by atoms with Crippen LogP contribution < -0.4 is 5.32 Å². The van der Waals surface area contributed by atoms with Gasteiger partial charge in [-0.25, -0.2) is 0 Å². The molecule has 3 nitrogen and oxygen atoms in total. The van der Waals surface area contributed by atoms with Gasteiger partial charge in [0.1, 0.15) is 0 Å². The van der Waals surface area contributed by atoms with Gasteiger partial charge in [-0.2, -0.15) is 5.26 Å². The summed E-state index contributed by atoms with van der Waals surface area (Å²) in [5.41, 5.74) is -0.287. The van der Waals surface area contributed by atoms with Crippen LogP contribution in [0.5, 0.6) is 0 Å². The number of nitriles is 1. The molecular formula is C16H11Cl3N2O. The van der Waals surface area contributed by atoms with E-state index in [4.69, 9.17) is 34.8 Å². The zero-order valence-electron chi connectivity index (χ0n) is 11.5. The largest absolute Gasteiger partial charge is 0.330 e. The van der Waals surface area contributed by atoms with Crippen LogP contribution in [-0.2, 0) is 5.54 Å². The minimum absolute atomic E-state index is 0.285. The second kappa shape index (κ2) is 6.58. The molecule has 1 N–H and O–H groups in total. The van der Waals surface area contributed by atoms with E-state index >= 15 is 0 Å². The summed E-state index contributed by atoms with van der Waals surface area (Å²) < 4.78 is 0. The van der Waals surface area contributed by atoms with Crippen molar-refractivity contribution in [2.24, 2.45) is 0 Å². The molecule has 2 aromatic carbocycles. The Bertz CT molecular complexity index is 733. The number of halogens is 3. The van der Waals surface area contributed by atoms with Gasteiger partial charge in [0.25, 0.3) is 5.91 Å². The Hall–Kier alpha value is -1.73. The van der Waals surface area contributed by atoms with Crippen LogP contribution in [0.25, 0.3) is 0 Å². The number of carbonyl (C=O) groups excluding carboxylic acids is 1. The van der Waals surface area contributed by atoms with Gasteiger partial charge in [0.15, 0.2) is 5.54 Å². The van der Waals surface area contributed by atoms with Crippen LogP contribution in [0.4, 0.5) is 0 Å². The Morgan fingerprint density at radius 1 is 1.05 bits per heavy atom. The lowest BCUT2D eigenvalue weighted by Crippen LogP contribution is -2.42. The minimum atomic E-state index is -1.20. The topological polar surface area (TPSA) is 52.9 Å². The van der Waals surface area contributed by atoms with Crippen LogP contribution in [-0.4, -0.2) is 5.91 Å². The van der Waals surface area contributed by atoms with Crippen molar-refractivity contribution in [1.29, 1.82) is 5.26 Å². The van der Waals surface area contributed by atoms with Crippen LogP contribution in [0.3, 0.4) is 0 Å². The number of nitrogens with zero attached hydrogens (tertiary/aromatic N) is 1. The number of nitrogens with one attached hydrogen (secondary N) is 1. The molecule has 0 fully saturated rings. The fraction of sp³-hybridized carbons (Fsp3) is 0.125. The van der Waals surface area contributed by atoms with Gasteiger partial charge in [-0.3, -0.25) is 4.79 Å². The van der Waals surface area contributed by atoms with Crippen molar-refractivity contribution in [2.45, 2.75) is 12.5 Å². The van der Waals surface area contributed by atoms with Crippen LogP contribution in [0.15, 0.2) is 42.5 Å². The van der Waals surface area contributed by atoms with E-state index in [9.17, 15) is 10.1 Å². The molecule has 0 aliphatic carbocycles. The van der Waals surface area contributed by atoms with E-state index in [0.29, 0.717) is 20.6 Å². The molecule has 6 heteroatoms. The maximum absolute atomic E-state index is 12.4. The van der Waals surface area contributed by atoms with E-state index in [1.165, 1.54) is 18.2 Å². The molecule has 0 saturated carbocycles. The fourth-order valence-corrected chi connectivity index (χ4v) is 2.58. The van der Waals surface area contributed by atoms with Crippen molar-refractivity contribution < 1.29 is 4.79 Å². The summed E-state index contributed by atoms with van der Waals surface area (Å²) in [7, 11) is 0. The first kappa shape index (κ1) is 16.6. The SMILES string of the molecule is CC(C#N)(NC(=O)c1cc(Cl)cc(Cl)c1)c1ccc(Cl)cc1. The fourth-order valence-electron chi connectivity index (χ4n) is 1.93. The Morgan fingerprint density at radius 3 is 2.09 bits per heavy atom. The lowest BCUT2D eigenvalue weighted by molar-refractivity contribution is 0.0923. The molecule has 112 valence electrons. The molecule has 1 unspecified atom stereocenters. The molecule has 0 heterocycles. The third-order valence-corrected chi connectivity index (χ3v) is 3.82. The smallest absolute Gasteiger partial charge is 0.252 e. The highest BCUT2D eigenvalue weighted by atomic mass is 35.5. The summed E-state index contributed by atoms with van der Waals surface area (Å²) in [6.45, 7) is 1.61. The highest BCUT2D eigenvalue weighted by molar-refractivity contribution is 6.35. The molecule has 1 amide bonds. The Balaban J connectivity index is 2.31. The van der Waals surface area contributed by atoms with Gasteiger partial charge in [-0.1, -0.05) is 46.9 Å². The number of amides is 1. The second-order valence-electron chi connectivity index (χ2n) is 4.86. The monoisotopic (exact) mass is 352 g/mol. The molecule has 0 aliphatic heterocycles. The van der Waals surface area contributed by atoms with E-state index in [0.717, 1.165) is 0 Å². The first-order chi connectivity index (χ1) is 10.3. The highest BCUT2D eigenvalue weighted by Gasteiger charge is 2.29. The number of carbonyl (C=O) groups is 1. The Morgan fingerprint density at radius 2 is 1.59 bits per heavy atom. The highest BCUT2D eigenvalue weighted by Crippen LogP contribution is 2.24. The van der Waals surface area contributed by atoms with Crippen molar-refractivity contribution in [1.82, 2.24) is 5.32 Å². The van der Waals surface area contributed by atoms with E-state index in [2.05, 4.69) is 11.4 Å². The Kier molecular flexibility index (Phi) is 4.97. The molecule has 0 spiro atoms. The minimum Gasteiger partial charge on any atom is -0.330 e. The van der Waals surface area contributed by atoms with Crippen molar-refractivity contribution >= 4 is 40.7 Å². The van der Waals surface area contributed by atoms with E-state index in [-0.39, 0.29) is 5.56 Å². The van der Waals surface area contributed by atoms with Gasteiger partial charge in [0.2, 0.25) is 0 Å². The summed E-state index contributed by atoms with van der Waals surface area (Å²) in [5.74, 6) is -0.441. The maximum Gasteiger partial charge on any atom is 0.252 e. The lowest BCUT2D eigenvalue weighted by Gasteiger charge is -2.24. The number of benzene rings is 2. The first-order valence-corrected chi connectivity index (χ1v) is 7.43. The van der Waals surface area contributed by atoms with Crippen molar-refractivity contribution in [3.05, 3.63) is 68.7 Å². The summed E-state index contributed by atoms with van der Waals surface area (Å²) in [6, 6.07) is 13.3. The maximum atomic E-state index is 12.4. The molecule has 0 aliphatic rings. The second-order valence-corrected chi connectivity index (χ2v) is 6.17. The Labute approximate surface area is 143 Å². The zero-order valence-corrected chi connectivity index (χ0v) is 13.8. The van der Waals surface area contributed by atoms with E-state index in [1.54, 1.807) is 31.2 Å². The summed E-state index contributed by atoms with van der Waals surface area (Å²) >= 11 is 17.6. The standard InChI is InChI=1S/C16H11Cl3N2O/c1-16(9-20,11-2-4-12(17)5-3-11)21-15(22)10-6-13(18)8-14(19)7-10/h2-8H,1H3,(H,21,22). The molecule has 0 bridgehead atoms. The predicted molar refractivity (Wildman–Crippen MR) is 88.3 cm³/mol.